The van der Waals surface area contributed by atoms with Gasteiger partial charge in [-0.1, -0.05) is 12.1 Å². The number of hydrogen-bond donors (Lipinski definition) is 1. The summed E-state index contributed by atoms with van der Waals surface area (Å²) in [5.41, 5.74) is 0.919. The summed E-state index contributed by atoms with van der Waals surface area (Å²) < 4.78 is 18.9. The summed E-state index contributed by atoms with van der Waals surface area (Å²) in [5.74, 6) is 1.56. The molecule has 1 unspecified atom stereocenters. The lowest BCUT2D eigenvalue weighted by atomic mass is 10.1. The summed E-state index contributed by atoms with van der Waals surface area (Å²) in [5, 5.41) is 9.68. The molecule has 0 radical (unpaired) electrons. The Balaban J connectivity index is 1.63. The molecule has 1 heterocycles. The molecule has 2 nitrogen and oxygen atoms in total. The molecule has 1 N–H and O–H groups in total. The lowest BCUT2D eigenvalue weighted by molar-refractivity contribution is 0.259. The third-order valence-electron chi connectivity index (χ3n) is 3.05. The Morgan fingerprint density at radius 3 is 2.95 bits per heavy atom. The Hall–Kier alpha value is -1.68. The highest BCUT2D eigenvalue weighted by Crippen LogP contribution is 2.34. The maximum Gasteiger partial charge on any atom is 0.129 e. The first-order chi connectivity index (χ1) is 9.22. The summed E-state index contributed by atoms with van der Waals surface area (Å²) in [4.78, 5) is 0.841. The van der Waals surface area contributed by atoms with Crippen molar-refractivity contribution in [1.29, 1.82) is 0 Å². The monoisotopic (exact) mass is 276 g/mol. The molecule has 98 valence electrons. The van der Waals surface area contributed by atoms with Crippen LogP contribution in [0.15, 0.2) is 47.4 Å². The molecule has 0 aromatic heterocycles. The number of halogens is 1. The minimum Gasteiger partial charge on any atom is -0.507 e. The number of phenolic OH excluding ortho intramolecular Hbond substituents is 1. The molecule has 4 heteroatoms. The van der Waals surface area contributed by atoms with Crippen molar-refractivity contribution in [2.24, 2.45) is 0 Å². The van der Waals surface area contributed by atoms with Crippen molar-refractivity contribution in [3.05, 3.63) is 53.8 Å². The molecule has 0 bridgehead atoms. The van der Waals surface area contributed by atoms with Gasteiger partial charge in [0.2, 0.25) is 0 Å². The predicted octanol–water partition coefficient (Wildman–Crippen LogP) is 3.63. The largest absolute Gasteiger partial charge is 0.507 e. The second kappa shape index (κ2) is 5.13. The van der Waals surface area contributed by atoms with Crippen LogP contribution in [0, 0.1) is 5.82 Å². The zero-order valence-electron chi connectivity index (χ0n) is 10.2. The van der Waals surface area contributed by atoms with E-state index in [2.05, 4.69) is 0 Å². The minimum absolute atomic E-state index is 0.0291. The average Bonchev–Trinajstić information content (AvgIpc) is 2.79. The van der Waals surface area contributed by atoms with Crippen molar-refractivity contribution >= 4 is 11.8 Å². The Kier molecular flexibility index (Phi) is 3.34. The number of para-hydroxylation sites is 1. The Labute approximate surface area is 115 Å². The van der Waals surface area contributed by atoms with Gasteiger partial charge in [-0.05, 0) is 30.3 Å². The van der Waals surface area contributed by atoms with Crippen molar-refractivity contribution in [2.45, 2.75) is 17.4 Å². The molecule has 0 saturated heterocycles. The SMILES string of the molecule is Oc1ccccc1SCC1Cc2cc(F)ccc2O1. The second-order valence-corrected chi connectivity index (χ2v) is 5.54. The number of benzene rings is 2. The highest BCUT2D eigenvalue weighted by Gasteiger charge is 2.23. The van der Waals surface area contributed by atoms with Gasteiger partial charge in [-0.15, -0.1) is 11.8 Å². The number of phenols is 1. The van der Waals surface area contributed by atoms with E-state index in [1.165, 1.54) is 12.1 Å². The zero-order chi connectivity index (χ0) is 13.2. The van der Waals surface area contributed by atoms with Crippen molar-refractivity contribution in [3.8, 4) is 11.5 Å². The Bertz CT molecular complexity index is 600. The van der Waals surface area contributed by atoms with Crippen LogP contribution < -0.4 is 4.74 Å². The van der Waals surface area contributed by atoms with Crippen molar-refractivity contribution < 1.29 is 14.2 Å². The average molecular weight is 276 g/mol. The molecule has 1 atom stereocenters. The fourth-order valence-corrected chi connectivity index (χ4v) is 3.09. The molecule has 0 aliphatic carbocycles. The lowest BCUT2D eigenvalue weighted by Gasteiger charge is -2.10. The van der Waals surface area contributed by atoms with Gasteiger partial charge in [0.15, 0.2) is 0 Å². The highest BCUT2D eigenvalue weighted by atomic mass is 32.2. The second-order valence-electron chi connectivity index (χ2n) is 4.47. The van der Waals surface area contributed by atoms with E-state index in [1.807, 2.05) is 12.1 Å². The molecule has 19 heavy (non-hydrogen) atoms. The van der Waals surface area contributed by atoms with Crippen LogP contribution in [-0.4, -0.2) is 17.0 Å². The highest BCUT2D eigenvalue weighted by molar-refractivity contribution is 7.99. The van der Waals surface area contributed by atoms with Crippen molar-refractivity contribution in [1.82, 2.24) is 0 Å². The lowest BCUT2D eigenvalue weighted by Crippen LogP contribution is -2.15. The molecule has 0 fully saturated rings. The summed E-state index contributed by atoms with van der Waals surface area (Å²) in [7, 11) is 0. The van der Waals surface area contributed by atoms with Crippen LogP contribution in [0.1, 0.15) is 5.56 Å². The third kappa shape index (κ3) is 2.68. The van der Waals surface area contributed by atoms with E-state index >= 15 is 0 Å². The van der Waals surface area contributed by atoms with Gasteiger partial charge in [0.05, 0.1) is 0 Å². The van der Waals surface area contributed by atoms with Gasteiger partial charge in [-0.3, -0.25) is 0 Å². The van der Waals surface area contributed by atoms with E-state index in [9.17, 15) is 9.50 Å². The van der Waals surface area contributed by atoms with Gasteiger partial charge in [0.25, 0.3) is 0 Å². The van der Waals surface area contributed by atoms with Crippen LogP contribution in [0.3, 0.4) is 0 Å². The number of thioether (sulfide) groups is 1. The van der Waals surface area contributed by atoms with Crippen LogP contribution in [0.5, 0.6) is 11.5 Å². The van der Waals surface area contributed by atoms with Crippen molar-refractivity contribution in [3.63, 3.8) is 0 Å². The van der Waals surface area contributed by atoms with Crippen LogP contribution in [0.25, 0.3) is 0 Å². The molecule has 1 aliphatic rings. The van der Waals surface area contributed by atoms with Gasteiger partial charge in [-0.25, -0.2) is 4.39 Å². The summed E-state index contributed by atoms with van der Waals surface area (Å²) >= 11 is 1.55. The first-order valence-electron chi connectivity index (χ1n) is 6.08. The normalized spacial score (nSPS) is 17.0. The fourth-order valence-electron chi connectivity index (χ4n) is 2.14. The summed E-state index contributed by atoms with van der Waals surface area (Å²) in [6.45, 7) is 0. The van der Waals surface area contributed by atoms with E-state index in [-0.39, 0.29) is 17.7 Å². The molecule has 0 saturated carbocycles. The van der Waals surface area contributed by atoms with E-state index in [0.29, 0.717) is 6.42 Å². The molecule has 1 aliphatic heterocycles. The zero-order valence-corrected chi connectivity index (χ0v) is 11.0. The topological polar surface area (TPSA) is 29.5 Å². The number of hydrogen-bond acceptors (Lipinski definition) is 3. The smallest absolute Gasteiger partial charge is 0.129 e. The fraction of sp³-hybridized carbons (Fsp3) is 0.200. The maximum absolute atomic E-state index is 13.1. The van der Waals surface area contributed by atoms with E-state index < -0.39 is 0 Å². The number of ether oxygens (including phenoxy) is 1. The maximum atomic E-state index is 13.1. The van der Waals surface area contributed by atoms with Gasteiger partial charge in [0.1, 0.15) is 23.4 Å². The molecule has 3 rings (SSSR count). The standard InChI is InChI=1S/C15H13FO2S/c16-11-5-6-14-10(7-11)8-12(18-14)9-19-15-4-2-1-3-13(15)17/h1-7,12,17H,8-9H2. The van der Waals surface area contributed by atoms with Crippen molar-refractivity contribution in [2.75, 3.05) is 5.75 Å². The van der Waals surface area contributed by atoms with E-state index in [1.54, 1.807) is 30.0 Å². The number of fused-ring (bicyclic) bond motifs is 1. The molecule has 0 amide bonds. The predicted molar refractivity (Wildman–Crippen MR) is 73.4 cm³/mol. The van der Waals surface area contributed by atoms with Crippen LogP contribution in [0.4, 0.5) is 4.39 Å². The number of rotatable bonds is 3. The van der Waals surface area contributed by atoms with Gasteiger partial charge < -0.3 is 9.84 Å². The van der Waals surface area contributed by atoms with Gasteiger partial charge >= 0.3 is 0 Å². The first-order valence-corrected chi connectivity index (χ1v) is 7.07. The van der Waals surface area contributed by atoms with Gasteiger partial charge in [-0.2, -0.15) is 0 Å². The van der Waals surface area contributed by atoms with Gasteiger partial charge in [0, 0.05) is 22.6 Å². The third-order valence-corrected chi connectivity index (χ3v) is 4.25. The molecule has 2 aromatic rings. The van der Waals surface area contributed by atoms with Crippen LogP contribution in [0.2, 0.25) is 0 Å². The Morgan fingerprint density at radius 1 is 1.26 bits per heavy atom. The first kappa shape index (κ1) is 12.4. The Morgan fingerprint density at radius 2 is 2.11 bits per heavy atom. The summed E-state index contributed by atoms with van der Waals surface area (Å²) in [6, 6.07) is 11.8. The quantitative estimate of drug-likeness (QED) is 0.868. The molecule has 0 spiro atoms. The van der Waals surface area contributed by atoms with Crippen LogP contribution >= 0.6 is 11.8 Å². The minimum atomic E-state index is -0.226. The molecular weight excluding hydrogens is 263 g/mol. The van der Waals surface area contributed by atoms with E-state index in [4.69, 9.17) is 4.74 Å². The van der Waals surface area contributed by atoms with Crippen LogP contribution in [-0.2, 0) is 6.42 Å². The molecular formula is C15H13FO2S. The number of aromatic hydroxyl groups is 1. The summed E-state index contributed by atoms with van der Waals surface area (Å²) in [6.07, 6.45) is 0.745. The van der Waals surface area contributed by atoms with E-state index in [0.717, 1.165) is 22.0 Å². The molecule has 2 aromatic carbocycles.